The Bertz CT molecular complexity index is 541. The van der Waals surface area contributed by atoms with Gasteiger partial charge in [-0.25, -0.2) is 4.79 Å². The number of anilines is 1. The zero-order valence-electron chi connectivity index (χ0n) is 9.93. The average Bonchev–Trinajstić information content (AvgIpc) is 2.27. The van der Waals surface area contributed by atoms with Gasteiger partial charge in [-0.15, -0.1) is 0 Å². The Morgan fingerprint density at radius 1 is 1.44 bits per heavy atom. The Kier molecular flexibility index (Phi) is 4.51. The van der Waals surface area contributed by atoms with Crippen molar-refractivity contribution in [2.75, 3.05) is 18.4 Å². The van der Waals surface area contributed by atoms with Gasteiger partial charge < -0.3 is 9.84 Å². The van der Waals surface area contributed by atoms with Crippen LogP contribution in [0.5, 0.6) is 5.75 Å². The van der Waals surface area contributed by atoms with Crippen LogP contribution < -0.4 is 14.2 Å². The lowest BCUT2D eigenvalue weighted by molar-refractivity contribution is 0.0693. The third kappa shape index (κ3) is 3.60. The smallest absolute Gasteiger partial charge is 0.339 e. The van der Waals surface area contributed by atoms with E-state index in [9.17, 15) is 13.2 Å². The molecule has 0 saturated heterocycles. The molecule has 1 rings (SSSR count). The van der Waals surface area contributed by atoms with E-state index < -0.39 is 16.2 Å². The van der Waals surface area contributed by atoms with Gasteiger partial charge in [0.15, 0.2) is 0 Å². The number of rotatable bonds is 6. The van der Waals surface area contributed by atoms with E-state index in [1.807, 2.05) is 0 Å². The molecule has 0 unspecified atom stereocenters. The number of carboxylic acids is 1. The number of nitrogens with one attached hydrogen (secondary N) is 2. The van der Waals surface area contributed by atoms with Crippen molar-refractivity contribution < 1.29 is 23.1 Å². The van der Waals surface area contributed by atoms with E-state index in [0.717, 1.165) is 0 Å². The first-order valence-corrected chi connectivity index (χ1v) is 6.56. The van der Waals surface area contributed by atoms with Crippen LogP contribution in [0.25, 0.3) is 0 Å². The topological polar surface area (TPSA) is 105 Å². The van der Waals surface area contributed by atoms with Crippen molar-refractivity contribution in [1.29, 1.82) is 0 Å². The molecule has 1 aromatic rings. The molecule has 0 fully saturated rings. The van der Waals surface area contributed by atoms with Crippen LogP contribution in [0.2, 0.25) is 0 Å². The lowest BCUT2D eigenvalue weighted by Crippen LogP contribution is -2.29. The molecule has 0 bridgehead atoms. The van der Waals surface area contributed by atoms with E-state index in [1.54, 1.807) is 6.92 Å². The van der Waals surface area contributed by atoms with Crippen LogP contribution in [0, 0.1) is 0 Å². The number of benzene rings is 1. The van der Waals surface area contributed by atoms with Gasteiger partial charge >= 0.3 is 5.97 Å². The fourth-order valence-electron chi connectivity index (χ4n) is 1.31. The fourth-order valence-corrected chi connectivity index (χ4v) is 2.20. The van der Waals surface area contributed by atoms with Crippen LogP contribution in [0.4, 0.5) is 5.69 Å². The first-order chi connectivity index (χ1) is 8.39. The lowest BCUT2D eigenvalue weighted by Gasteiger charge is -2.10. The number of carboxylic acid groups (broad SMARTS) is 1. The van der Waals surface area contributed by atoms with Crippen molar-refractivity contribution in [3.63, 3.8) is 0 Å². The summed E-state index contributed by atoms with van der Waals surface area (Å²) in [6.45, 7) is 1.90. The van der Waals surface area contributed by atoms with Crippen molar-refractivity contribution in [3.8, 4) is 5.75 Å². The molecule has 0 saturated carbocycles. The second-order valence-corrected chi connectivity index (χ2v) is 4.82. The predicted octanol–water partition coefficient (Wildman–Crippen LogP) is 0.660. The molecule has 0 aliphatic carbocycles. The standard InChI is InChI=1S/C10H14N2O5S/c1-3-11-18(15,16)12-7-4-5-8(10(13)14)9(6-7)17-2/h4-6,11-12H,3H2,1-2H3,(H,13,14). The van der Waals surface area contributed by atoms with Crippen molar-refractivity contribution in [2.24, 2.45) is 0 Å². The Balaban J connectivity index is 3.03. The maximum atomic E-state index is 11.4. The number of ether oxygens (including phenoxy) is 1. The van der Waals surface area contributed by atoms with Gasteiger partial charge in [0.1, 0.15) is 11.3 Å². The molecule has 0 heterocycles. The Morgan fingerprint density at radius 2 is 2.11 bits per heavy atom. The molecule has 0 atom stereocenters. The summed E-state index contributed by atoms with van der Waals surface area (Å²) in [4.78, 5) is 10.8. The normalized spacial score (nSPS) is 11.0. The quantitative estimate of drug-likeness (QED) is 0.706. The summed E-state index contributed by atoms with van der Waals surface area (Å²) in [6, 6.07) is 3.92. The molecule has 0 radical (unpaired) electrons. The van der Waals surface area contributed by atoms with Crippen LogP contribution in [0.1, 0.15) is 17.3 Å². The first kappa shape index (κ1) is 14.3. The molecule has 1 aromatic carbocycles. The number of methoxy groups -OCH3 is 1. The molecule has 18 heavy (non-hydrogen) atoms. The molecule has 0 aliphatic heterocycles. The highest BCUT2D eigenvalue weighted by atomic mass is 32.2. The van der Waals surface area contributed by atoms with Crippen LogP contribution >= 0.6 is 0 Å². The third-order valence-corrected chi connectivity index (χ3v) is 3.19. The molecule has 3 N–H and O–H groups in total. The molecule has 8 heteroatoms. The molecule has 0 spiro atoms. The highest BCUT2D eigenvalue weighted by Crippen LogP contribution is 2.23. The van der Waals surface area contributed by atoms with E-state index in [1.165, 1.54) is 25.3 Å². The second kappa shape index (κ2) is 5.69. The van der Waals surface area contributed by atoms with Gasteiger partial charge in [0.25, 0.3) is 10.2 Å². The number of hydrogen-bond donors (Lipinski definition) is 3. The SMILES string of the molecule is CCNS(=O)(=O)Nc1ccc(C(=O)O)c(OC)c1. The van der Waals surface area contributed by atoms with E-state index in [2.05, 4.69) is 9.44 Å². The summed E-state index contributed by atoms with van der Waals surface area (Å²) >= 11 is 0. The molecular weight excluding hydrogens is 260 g/mol. The molecule has 0 amide bonds. The van der Waals surface area contributed by atoms with Gasteiger partial charge in [-0.3, -0.25) is 4.72 Å². The van der Waals surface area contributed by atoms with Crippen LogP contribution in [0.3, 0.4) is 0 Å². The number of carbonyl (C=O) groups is 1. The summed E-state index contributed by atoms with van der Waals surface area (Å²) < 4.78 is 32.3. The van der Waals surface area contributed by atoms with E-state index in [-0.39, 0.29) is 23.5 Å². The van der Waals surface area contributed by atoms with Gasteiger partial charge in [-0.05, 0) is 12.1 Å². The Hall–Kier alpha value is -1.80. The number of aromatic carboxylic acids is 1. The van der Waals surface area contributed by atoms with Crippen LogP contribution in [-0.2, 0) is 10.2 Å². The van der Waals surface area contributed by atoms with Crippen LogP contribution in [-0.4, -0.2) is 33.1 Å². The molecule has 0 aromatic heterocycles. The zero-order chi connectivity index (χ0) is 13.8. The van der Waals surface area contributed by atoms with E-state index in [0.29, 0.717) is 0 Å². The van der Waals surface area contributed by atoms with Gasteiger partial charge in [0.2, 0.25) is 0 Å². The van der Waals surface area contributed by atoms with Crippen molar-refractivity contribution >= 4 is 21.9 Å². The summed E-state index contributed by atoms with van der Waals surface area (Å²) in [6.07, 6.45) is 0. The van der Waals surface area contributed by atoms with Crippen molar-refractivity contribution in [3.05, 3.63) is 23.8 Å². The summed E-state index contributed by atoms with van der Waals surface area (Å²) in [5, 5.41) is 8.87. The third-order valence-electron chi connectivity index (χ3n) is 2.02. The minimum atomic E-state index is -3.65. The van der Waals surface area contributed by atoms with Gasteiger partial charge in [-0.2, -0.15) is 13.1 Å². The van der Waals surface area contributed by atoms with E-state index in [4.69, 9.17) is 9.84 Å². The summed E-state index contributed by atoms with van der Waals surface area (Å²) in [5.74, 6) is -1.06. The highest BCUT2D eigenvalue weighted by Gasteiger charge is 2.13. The highest BCUT2D eigenvalue weighted by molar-refractivity contribution is 7.90. The first-order valence-electron chi connectivity index (χ1n) is 5.08. The van der Waals surface area contributed by atoms with Gasteiger partial charge in [-0.1, -0.05) is 6.92 Å². The van der Waals surface area contributed by atoms with Gasteiger partial charge in [0, 0.05) is 12.6 Å². The molecule has 0 aliphatic rings. The Morgan fingerprint density at radius 3 is 2.61 bits per heavy atom. The number of hydrogen-bond acceptors (Lipinski definition) is 4. The average molecular weight is 274 g/mol. The van der Waals surface area contributed by atoms with Gasteiger partial charge in [0.05, 0.1) is 12.8 Å². The molecule has 7 nitrogen and oxygen atoms in total. The molecule has 100 valence electrons. The van der Waals surface area contributed by atoms with E-state index >= 15 is 0 Å². The summed E-state index contributed by atoms with van der Waals surface area (Å²) in [5.41, 5.74) is 0.182. The maximum absolute atomic E-state index is 11.4. The van der Waals surface area contributed by atoms with Crippen molar-refractivity contribution in [1.82, 2.24) is 4.72 Å². The minimum Gasteiger partial charge on any atom is -0.496 e. The predicted molar refractivity (Wildman–Crippen MR) is 66.2 cm³/mol. The summed E-state index contributed by atoms with van der Waals surface area (Å²) in [7, 11) is -2.34. The lowest BCUT2D eigenvalue weighted by atomic mass is 10.2. The second-order valence-electron chi connectivity index (χ2n) is 3.32. The van der Waals surface area contributed by atoms with Crippen molar-refractivity contribution in [2.45, 2.75) is 6.92 Å². The minimum absolute atomic E-state index is 0.0381. The fraction of sp³-hybridized carbons (Fsp3) is 0.300. The molecular formula is C10H14N2O5S. The maximum Gasteiger partial charge on any atom is 0.339 e. The largest absolute Gasteiger partial charge is 0.496 e. The van der Waals surface area contributed by atoms with Crippen LogP contribution in [0.15, 0.2) is 18.2 Å². The Labute approximate surface area is 105 Å². The monoisotopic (exact) mass is 274 g/mol. The zero-order valence-corrected chi connectivity index (χ0v) is 10.7.